The molecule has 0 unspecified atom stereocenters. The molecule has 2 aromatic heterocycles. The van der Waals surface area contributed by atoms with E-state index in [-0.39, 0.29) is 0 Å². The third kappa shape index (κ3) is 6.11. The van der Waals surface area contributed by atoms with Crippen LogP contribution in [0.5, 0.6) is 0 Å². The lowest BCUT2D eigenvalue weighted by atomic mass is 9.70. The number of fused-ring (bicyclic) bond motifs is 16. The summed E-state index contributed by atoms with van der Waals surface area (Å²) in [4.78, 5) is 2.45. The maximum Gasteiger partial charge on any atom is 0.0726 e. The van der Waals surface area contributed by atoms with E-state index in [9.17, 15) is 0 Å². The smallest absolute Gasteiger partial charge is 0.0726 e. The highest BCUT2D eigenvalue weighted by Crippen LogP contribution is 2.63. The molecule has 354 valence electrons. The van der Waals surface area contributed by atoms with Crippen LogP contribution in [0.3, 0.4) is 0 Å². The van der Waals surface area contributed by atoms with Gasteiger partial charge in [-0.1, -0.05) is 188 Å². The van der Waals surface area contributed by atoms with E-state index in [1.165, 1.54) is 110 Å². The number of benzene rings is 12. The van der Waals surface area contributed by atoms with Gasteiger partial charge in [-0.2, -0.15) is 0 Å². The minimum Gasteiger partial charge on any atom is -0.310 e. The highest BCUT2D eigenvalue weighted by Gasteiger charge is 2.51. The van der Waals surface area contributed by atoms with Crippen LogP contribution < -0.4 is 4.90 Å². The van der Waals surface area contributed by atoms with Gasteiger partial charge in [-0.25, -0.2) is 0 Å². The Labute approximate surface area is 441 Å². The first-order valence-corrected chi connectivity index (χ1v) is 26.3. The van der Waals surface area contributed by atoms with E-state index in [1.54, 1.807) is 0 Å². The molecule has 3 nitrogen and oxygen atoms in total. The molecule has 0 atom stereocenters. The zero-order chi connectivity index (χ0) is 49.9. The summed E-state index contributed by atoms with van der Waals surface area (Å²) in [6.45, 7) is 0. The van der Waals surface area contributed by atoms with Crippen molar-refractivity contribution in [2.45, 2.75) is 5.41 Å². The van der Waals surface area contributed by atoms with E-state index in [0.29, 0.717) is 0 Å². The van der Waals surface area contributed by atoms with Gasteiger partial charge in [0.15, 0.2) is 0 Å². The lowest BCUT2D eigenvalue weighted by molar-refractivity contribution is 0.793. The fourth-order valence-corrected chi connectivity index (χ4v) is 13.3. The van der Waals surface area contributed by atoms with Crippen LogP contribution in [0.2, 0.25) is 0 Å². The number of rotatable bonds is 7. The molecule has 1 spiro atoms. The second-order valence-electron chi connectivity index (χ2n) is 20.4. The van der Waals surface area contributed by atoms with Crippen molar-refractivity contribution in [3.05, 3.63) is 307 Å². The van der Waals surface area contributed by atoms with Crippen LogP contribution in [0, 0.1) is 0 Å². The Morgan fingerprint density at radius 1 is 0.237 bits per heavy atom. The Balaban J connectivity index is 0.845. The molecule has 0 bridgehead atoms. The highest BCUT2D eigenvalue weighted by molar-refractivity contribution is 6.12. The number of hydrogen-bond acceptors (Lipinski definition) is 1. The molecule has 2 aliphatic rings. The van der Waals surface area contributed by atoms with Gasteiger partial charge in [0.1, 0.15) is 0 Å². The molecule has 0 amide bonds. The first-order chi connectivity index (χ1) is 37.7. The van der Waals surface area contributed by atoms with E-state index >= 15 is 0 Å². The van der Waals surface area contributed by atoms with E-state index in [4.69, 9.17) is 0 Å². The zero-order valence-electron chi connectivity index (χ0n) is 41.5. The monoisotopic (exact) mass is 965 g/mol. The summed E-state index contributed by atoms with van der Waals surface area (Å²) >= 11 is 0. The topological polar surface area (TPSA) is 13.1 Å². The molecular weight excluding hydrogens is 919 g/mol. The van der Waals surface area contributed by atoms with Crippen molar-refractivity contribution < 1.29 is 0 Å². The average molecular weight is 966 g/mol. The third-order valence-electron chi connectivity index (χ3n) is 16.5. The van der Waals surface area contributed by atoms with Gasteiger partial charge in [0.25, 0.3) is 0 Å². The van der Waals surface area contributed by atoms with E-state index < -0.39 is 5.41 Å². The van der Waals surface area contributed by atoms with Crippen LogP contribution in [0.1, 0.15) is 22.3 Å². The summed E-state index contributed by atoms with van der Waals surface area (Å²) in [6, 6.07) is 106. The van der Waals surface area contributed by atoms with Crippen molar-refractivity contribution in [1.82, 2.24) is 9.13 Å². The fraction of sp³-hybridized carbons (Fsp3) is 0.0137. The van der Waals surface area contributed by atoms with Crippen molar-refractivity contribution in [3.8, 4) is 55.9 Å². The molecular formula is C73H47N3. The van der Waals surface area contributed by atoms with Crippen LogP contribution in [-0.4, -0.2) is 9.13 Å². The van der Waals surface area contributed by atoms with Crippen LogP contribution >= 0.6 is 0 Å². The first-order valence-electron chi connectivity index (χ1n) is 26.3. The van der Waals surface area contributed by atoms with Crippen molar-refractivity contribution in [2.24, 2.45) is 0 Å². The summed E-state index contributed by atoms with van der Waals surface area (Å²) < 4.78 is 4.76. The van der Waals surface area contributed by atoms with Gasteiger partial charge in [0, 0.05) is 50.0 Å². The molecule has 16 rings (SSSR count). The maximum absolute atomic E-state index is 2.49. The third-order valence-corrected chi connectivity index (χ3v) is 16.5. The van der Waals surface area contributed by atoms with Crippen LogP contribution in [0.25, 0.3) is 99.5 Å². The summed E-state index contributed by atoms with van der Waals surface area (Å²) in [7, 11) is 0. The molecule has 2 heterocycles. The van der Waals surface area contributed by atoms with Crippen molar-refractivity contribution >= 4 is 60.7 Å². The van der Waals surface area contributed by atoms with E-state index in [0.717, 1.165) is 28.4 Å². The van der Waals surface area contributed by atoms with Crippen LogP contribution in [0.15, 0.2) is 285 Å². The zero-order valence-corrected chi connectivity index (χ0v) is 41.5. The molecule has 2 aliphatic carbocycles. The number of nitrogens with zero attached hydrogens (tertiary/aromatic N) is 3. The van der Waals surface area contributed by atoms with Gasteiger partial charge in [-0.05, 0) is 164 Å². The molecule has 14 aromatic rings. The molecule has 76 heavy (non-hydrogen) atoms. The lowest BCUT2D eigenvalue weighted by Crippen LogP contribution is -2.26. The first kappa shape index (κ1) is 42.5. The van der Waals surface area contributed by atoms with Gasteiger partial charge in [-0.3, -0.25) is 0 Å². The fourth-order valence-electron chi connectivity index (χ4n) is 13.3. The van der Waals surface area contributed by atoms with Gasteiger partial charge < -0.3 is 14.0 Å². The SMILES string of the molecule is c1ccc(-n2c3ccccc3c3cc(-c4ccc(N(c5ccc(-c6ccc7c(c6)c6ccccc6n7-c6ccccc6)cc5)c5ccc6c(c5)C5(c7ccccc7-c7ccccc75)c5ccccc5-6)cc4)ccc32)cc1. The molecule has 12 aromatic carbocycles. The Kier molecular flexibility index (Phi) is 9.25. The molecule has 0 aliphatic heterocycles. The summed E-state index contributed by atoms with van der Waals surface area (Å²) in [5.74, 6) is 0. The van der Waals surface area contributed by atoms with Gasteiger partial charge in [0.05, 0.1) is 27.5 Å². The van der Waals surface area contributed by atoms with Crippen LogP contribution in [-0.2, 0) is 5.41 Å². The predicted octanol–water partition coefficient (Wildman–Crippen LogP) is 19.0. The number of aromatic nitrogens is 2. The van der Waals surface area contributed by atoms with Gasteiger partial charge >= 0.3 is 0 Å². The van der Waals surface area contributed by atoms with Crippen molar-refractivity contribution in [1.29, 1.82) is 0 Å². The number of para-hydroxylation sites is 4. The number of hydrogen-bond donors (Lipinski definition) is 0. The predicted molar refractivity (Wildman–Crippen MR) is 317 cm³/mol. The summed E-state index contributed by atoms with van der Waals surface area (Å²) in [5.41, 5.74) is 25.2. The Morgan fingerprint density at radius 2 is 0.592 bits per heavy atom. The molecule has 0 saturated carbocycles. The second-order valence-corrected chi connectivity index (χ2v) is 20.4. The van der Waals surface area contributed by atoms with Gasteiger partial charge in [0.2, 0.25) is 0 Å². The summed E-state index contributed by atoms with van der Waals surface area (Å²) in [6.07, 6.45) is 0. The van der Waals surface area contributed by atoms with E-state index in [1.807, 2.05) is 0 Å². The van der Waals surface area contributed by atoms with Crippen molar-refractivity contribution in [3.63, 3.8) is 0 Å². The molecule has 3 heteroatoms. The highest BCUT2D eigenvalue weighted by atomic mass is 15.1. The number of anilines is 3. The quantitative estimate of drug-likeness (QED) is 0.155. The second kappa shape index (κ2) is 16.5. The lowest BCUT2D eigenvalue weighted by Gasteiger charge is -2.32. The average Bonchev–Trinajstić information content (AvgIpc) is 4.39. The minimum atomic E-state index is -0.459. The van der Waals surface area contributed by atoms with Crippen LogP contribution in [0.4, 0.5) is 17.1 Å². The van der Waals surface area contributed by atoms with Crippen molar-refractivity contribution in [2.75, 3.05) is 4.90 Å². The standard InChI is InChI=1S/C73H47N3/c1-3-17-52(18-4-1)75-69-29-15-10-24-61(69)63-45-50(35-43-71(63)75)48-31-37-54(38-32-48)74(55-39-33-49(34-40-55)51-36-44-72-64(46-51)62-25-11-16-30-70(62)76(72)53-19-5-2-6-20-53)56-41-42-60-59-23-9-14-28-67(59)73(68(60)47-56)65-26-12-7-21-57(65)58-22-8-13-27-66(58)73/h1-47H. The normalized spacial score (nSPS) is 12.8. The Hall–Kier alpha value is -9.96. The summed E-state index contributed by atoms with van der Waals surface area (Å²) in [5, 5.41) is 4.98. The Morgan fingerprint density at radius 3 is 1.05 bits per heavy atom. The molecule has 0 N–H and O–H groups in total. The molecule has 0 radical (unpaired) electrons. The van der Waals surface area contributed by atoms with Gasteiger partial charge in [-0.15, -0.1) is 0 Å². The van der Waals surface area contributed by atoms with E-state index in [2.05, 4.69) is 299 Å². The molecule has 0 saturated heterocycles. The maximum atomic E-state index is 2.49. The molecule has 0 fully saturated rings. The minimum absolute atomic E-state index is 0.459. The Bertz CT molecular complexity index is 4350. The largest absolute Gasteiger partial charge is 0.310 e.